The second-order valence-electron chi connectivity index (χ2n) is 3.79. The molecule has 0 heteroatoms. The first-order valence-electron chi connectivity index (χ1n) is 5.98. The van der Waals surface area contributed by atoms with Crippen LogP contribution >= 0.6 is 0 Å². The molecule has 0 heterocycles. The van der Waals surface area contributed by atoms with Crippen molar-refractivity contribution in [2.75, 3.05) is 0 Å². The van der Waals surface area contributed by atoms with Crippen LogP contribution in [0.15, 0.2) is 42.5 Å². The lowest BCUT2D eigenvalue weighted by molar-refractivity contribution is 0.663. The molecule has 84 valence electrons. The molecule has 0 saturated heterocycles. The molecule has 0 radical (unpaired) electrons. The molecule has 0 nitrogen and oxygen atoms in total. The molecule has 0 amide bonds. The van der Waals surface area contributed by atoms with Crippen LogP contribution in [0, 0.1) is 5.92 Å². The van der Waals surface area contributed by atoms with E-state index >= 15 is 0 Å². The molecular weight excluding hydrogens is 180 g/mol. The van der Waals surface area contributed by atoms with Gasteiger partial charge in [0.25, 0.3) is 0 Å². The number of rotatable bonds is 4. The molecule has 0 spiro atoms. The number of benzene rings is 1. The van der Waals surface area contributed by atoms with E-state index in [4.69, 9.17) is 0 Å². The van der Waals surface area contributed by atoms with Crippen LogP contribution in [0.1, 0.15) is 39.7 Å². The fourth-order valence-electron chi connectivity index (χ4n) is 1.20. The highest BCUT2D eigenvalue weighted by Crippen LogP contribution is 2.03. The summed E-state index contributed by atoms with van der Waals surface area (Å²) in [5.41, 5.74) is 1.39. The largest absolute Gasteiger partial charge is 0.0880 e. The van der Waals surface area contributed by atoms with Crippen molar-refractivity contribution in [3.63, 3.8) is 0 Å². The first kappa shape index (κ1) is 14.0. The molecule has 0 unspecified atom stereocenters. The molecule has 0 atom stereocenters. The topological polar surface area (TPSA) is 0 Å². The molecule has 0 saturated carbocycles. The van der Waals surface area contributed by atoms with Gasteiger partial charge in [-0.15, -0.1) is 0 Å². The Balaban J connectivity index is 0.000000921. The molecule has 0 aliphatic rings. The van der Waals surface area contributed by atoms with Gasteiger partial charge in [0, 0.05) is 0 Å². The van der Waals surface area contributed by atoms with Gasteiger partial charge in [0.2, 0.25) is 0 Å². The normalized spacial score (nSPS) is 10.2. The van der Waals surface area contributed by atoms with Gasteiger partial charge in [-0.1, -0.05) is 70.2 Å². The zero-order chi connectivity index (χ0) is 11.5. The van der Waals surface area contributed by atoms with E-state index in [-0.39, 0.29) is 0 Å². The molecule has 1 aromatic rings. The SMILES string of the molecule is CC.CC(C)CC=CCc1ccccc1. The Morgan fingerprint density at radius 3 is 2.13 bits per heavy atom. The molecule has 0 bridgehead atoms. The minimum atomic E-state index is 0.770. The van der Waals surface area contributed by atoms with Gasteiger partial charge < -0.3 is 0 Å². The minimum absolute atomic E-state index is 0.770. The molecule has 0 aliphatic carbocycles. The van der Waals surface area contributed by atoms with Crippen LogP contribution in [0.2, 0.25) is 0 Å². The van der Waals surface area contributed by atoms with E-state index in [0.717, 1.165) is 12.3 Å². The van der Waals surface area contributed by atoms with Gasteiger partial charge in [-0.2, -0.15) is 0 Å². The maximum atomic E-state index is 2.28. The molecular formula is C15H24. The minimum Gasteiger partial charge on any atom is -0.0880 e. The average molecular weight is 204 g/mol. The van der Waals surface area contributed by atoms with Gasteiger partial charge in [0.15, 0.2) is 0 Å². The Kier molecular flexibility index (Phi) is 8.85. The lowest BCUT2D eigenvalue weighted by Gasteiger charge is -1.97. The van der Waals surface area contributed by atoms with E-state index < -0.39 is 0 Å². The maximum absolute atomic E-state index is 2.28. The fraction of sp³-hybridized carbons (Fsp3) is 0.467. The third-order valence-electron chi connectivity index (χ3n) is 1.97. The van der Waals surface area contributed by atoms with Crippen LogP contribution in [-0.2, 0) is 6.42 Å². The van der Waals surface area contributed by atoms with E-state index in [0.29, 0.717) is 0 Å². The van der Waals surface area contributed by atoms with E-state index in [1.54, 1.807) is 0 Å². The highest BCUT2D eigenvalue weighted by atomic mass is 13.9. The first-order valence-corrected chi connectivity index (χ1v) is 5.98. The molecule has 0 N–H and O–H groups in total. The van der Waals surface area contributed by atoms with Crippen LogP contribution < -0.4 is 0 Å². The summed E-state index contributed by atoms with van der Waals surface area (Å²) < 4.78 is 0. The number of allylic oxidation sites excluding steroid dienone is 2. The summed E-state index contributed by atoms with van der Waals surface area (Å²) in [4.78, 5) is 0. The summed E-state index contributed by atoms with van der Waals surface area (Å²) in [6.07, 6.45) is 6.79. The predicted octanol–water partition coefficient (Wildman–Crippen LogP) is 4.86. The fourth-order valence-corrected chi connectivity index (χ4v) is 1.20. The summed E-state index contributed by atoms with van der Waals surface area (Å²) in [5.74, 6) is 0.770. The summed E-state index contributed by atoms with van der Waals surface area (Å²) in [5, 5.41) is 0. The zero-order valence-corrected chi connectivity index (χ0v) is 10.5. The Bertz CT molecular complexity index is 244. The van der Waals surface area contributed by atoms with Crippen LogP contribution in [0.5, 0.6) is 0 Å². The molecule has 0 aromatic heterocycles. The van der Waals surface area contributed by atoms with E-state index in [1.807, 2.05) is 13.8 Å². The summed E-state index contributed by atoms with van der Waals surface area (Å²) >= 11 is 0. The van der Waals surface area contributed by atoms with Gasteiger partial charge in [-0.05, 0) is 24.3 Å². The molecule has 15 heavy (non-hydrogen) atoms. The Hall–Kier alpha value is -1.04. The van der Waals surface area contributed by atoms with Crippen molar-refractivity contribution in [3.05, 3.63) is 48.0 Å². The van der Waals surface area contributed by atoms with E-state index in [9.17, 15) is 0 Å². The van der Waals surface area contributed by atoms with Crippen LogP contribution in [0.4, 0.5) is 0 Å². The van der Waals surface area contributed by atoms with Gasteiger partial charge in [0.05, 0.1) is 0 Å². The first-order chi connectivity index (χ1) is 7.29. The second-order valence-corrected chi connectivity index (χ2v) is 3.79. The molecule has 0 aliphatic heterocycles. The van der Waals surface area contributed by atoms with Crippen LogP contribution in [0.3, 0.4) is 0 Å². The standard InChI is InChI=1S/C13H18.C2H6/c1-12(2)8-6-7-11-13-9-4-3-5-10-13;1-2/h3-7,9-10,12H,8,11H2,1-2H3;1-2H3. The molecule has 1 aromatic carbocycles. The maximum Gasteiger partial charge on any atom is -0.00975 e. The van der Waals surface area contributed by atoms with E-state index in [1.165, 1.54) is 12.0 Å². The van der Waals surface area contributed by atoms with Gasteiger partial charge >= 0.3 is 0 Å². The number of hydrogen-bond acceptors (Lipinski definition) is 0. The van der Waals surface area contributed by atoms with Crippen LogP contribution in [0.25, 0.3) is 0 Å². The van der Waals surface area contributed by atoms with Crippen molar-refractivity contribution in [2.45, 2.75) is 40.5 Å². The van der Waals surface area contributed by atoms with Crippen molar-refractivity contribution in [1.82, 2.24) is 0 Å². The monoisotopic (exact) mass is 204 g/mol. The Morgan fingerprint density at radius 2 is 1.60 bits per heavy atom. The van der Waals surface area contributed by atoms with Crippen molar-refractivity contribution in [3.8, 4) is 0 Å². The second kappa shape index (κ2) is 9.51. The van der Waals surface area contributed by atoms with Crippen molar-refractivity contribution in [2.24, 2.45) is 5.92 Å². The highest BCUT2D eigenvalue weighted by molar-refractivity contribution is 5.17. The lowest BCUT2D eigenvalue weighted by atomic mass is 10.1. The van der Waals surface area contributed by atoms with Gasteiger partial charge in [-0.3, -0.25) is 0 Å². The van der Waals surface area contributed by atoms with Crippen molar-refractivity contribution >= 4 is 0 Å². The van der Waals surface area contributed by atoms with E-state index in [2.05, 4.69) is 56.3 Å². The number of hydrogen-bond donors (Lipinski definition) is 0. The summed E-state index contributed by atoms with van der Waals surface area (Å²) in [6, 6.07) is 10.6. The quantitative estimate of drug-likeness (QED) is 0.614. The molecule has 1 rings (SSSR count). The Morgan fingerprint density at radius 1 is 1.00 bits per heavy atom. The van der Waals surface area contributed by atoms with Gasteiger partial charge in [-0.25, -0.2) is 0 Å². The van der Waals surface area contributed by atoms with Crippen molar-refractivity contribution in [1.29, 1.82) is 0 Å². The Labute approximate surface area is 95.0 Å². The highest BCUT2D eigenvalue weighted by Gasteiger charge is 1.88. The van der Waals surface area contributed by atoms with Crippen LogP contribution in [-0.4, -0.2) is 0 Å². The molecule has 0 fully saturated rings. The summed E-state index contributed by atoms with van der Waals surface area (Å²) in [7, 11) is 0. The zero-order valence-electron chi connectivity index (χ0n) is 10.5. The smallest absolute Gasteiger partial charge is 0.00975 e. The van der Waals surface area contributed by atoms with Gasteiger partial charge in [0.1, 0.15) is 0 Å². The predicted molar refractivity (Wildman–Crippen MR) is 70.1 cm³/mol. The average Bonchev–Trinajstić information content (AvgIpc) is 2.28. The summed E-state index contributed by atoms with van der Waals surface area (Å²) in [6.45, 7) is 8.49. The lowest BCUT2D eigenvalue weighted by Crippen LogP contribution is -1.83. The third-order valence-corrected chi connectivity index (χ3v) is 1.97. The van der Waals surface area contributed by atoms with Crippen molar-refractivity contribution < 1.29 is 0 Å². The third kappa shape index (κ3) is 7.99.